The zero-order valence-electron chi connectivity index (χ0n) is 10.2. The van der Waals surface area contributed by atoms with E-state index in [1.807, 2.05) is 0 Å². The maximum Gasteiger partial charge on any atom is 0.328 e. The molecule has 2 N–H and O–H groups in total. The molecule has 5 nitrogen and oxygen atoms in total. The van der Waals surface area contributed by atoms with Crippen LogP contribution in [0.4, 0.5) is 0 Å². The quantitative estimate of drug-likeness (QED) is 0.719. The van der Waals surface area contributed by atoms with Crippen LogP contribution in [0.25, 0.3) is 0 Å². The molecule has 2 rings (SSSR count). The van der Waals surface area contributed by atoms with E-state index in [0.717, 1.165) is 25.7 Å². The molecule has 0 aromatic carbocycles. The maximum atomic E-state index is 11.9. The second-order valence-corrected chi connectivity index (χ2v) is 4.77. The monoisotopic (exact) mass is 240 g/mol. The van der Waals surface area contributed by atoms with Crippen molar-refractivity contribution in [1.29, 1.82) is 0 Å². The predicted molar refractivity (Wildman–Crippen MR) is 62.1 cm³/mol. The summed E-state index contributed by atoms with van der Waals surface area (Å²) in [5.74, 6) is 0.0565. The average molecular weight is 240 g/mol. The number of carbonyl (C=O) groups is 2. The summed E-state index contributed by atoms with van der Waals surface area (Å²) in [7, 11) is 0. The van der Waals surface area contributed by atoms with Crippen LogP contribution in [0, 0.1) is 5.92 Å². The highest BCUT2D eigenvalue weighted by Crippen LogP contribution is 2.41. The second-order valence-electron chi connectivity index (χ2n) is 4.77. The number of ether oxygens (including phenoxy) is 1. The number of rotatable bonds is 3. The van der Waals surface area contributed by atoms with E-state index in [2.05, 4.69) is 0 Å². The molecular formula is C12H20N2O3. The molecule has 1 saturated carbocycles. The number of carbonyl (C=O) groups excluding carboxylic acids is 2. The topological polar surface area (TPSA) is 72.6 Å². The van der Waals surface area contributed by atoms with Crippen molar-refractivity contribution in [1.82, 2.24) is 4.90 Å². The predicted octanol–water partition coefficient (Wildman–Crippen LogP) is 0.278. The van der Waals surface area contributed by atoms with E-state index in [0.29, 0.717) is 12.5 Å². The van der Waals surface area contributed by atoms with Gasteiger partial charge in [0.15, 0.2) is 0 Å². The molecule has 17 heavy (non-hydrogen) atoms. The smallest absolute Gasteiger partial charge is 0.328 e. The van der Waals surface area contributed by atoms with Crippen molar-refractivity contribution < 1.29 is 14.3 Å². The number of esters is 1. The lowest BCUT2D eigenvalue weighted by Crippen LogP contribution is -2.48. The number of nitrogens with two attached hydrogens (primary N) is 1. The number of hydrogen-bond acceptors (Lipinski definition) is 4. The van der Waals surface area contributed by atoms with E-state index in [-0.39, 0.29) is 24.5 Å². The van der Waals surface area contributed by atoms with Crippen LogP contribution in [0.5, 0.6) is 0 Å². The number of hydrogen-bond donors (Lipinski definition) is 1. The molecule has 0 spiro atoms. The van der Waals surface area contributed by atoms with E-state index < -0.39 is 6.04 Å². The van der Waals surface area contributed by atoms with Crippen LogP contribution < -0.4 is 5.73 Å². The van der Waals surface area contributed by atoms with Gasteiger partial charge in [0.25, 0.3) is 0 Å². The van der Waals surface area contributed by atoms with Crippen molar-refractivity contribution >= 4 is 11.9 Å². The Bertz CT molecular complexity index is 319. The van der Waals surface area contributed by atoms with E-state index >= 15 is 0 Å². The van der Waals surface area contributed by atoms with Gasteiger partial charge >= 0.3 is 5.97 Å². The van der Waals surface area contributed by atoms with Crippen molar-refractivity contribution in [3.63, 3.8) is 0 Å². The molecule has 3 atom stereocenters. The Balaban J connectivity index is 2.14. The Morgan fingerprint density at radius 1 is 1.41 bits per heavy atom. The van der Waals surface area contributed by atoms with Crippen molar-refractivity contribution in [3.8, 4) is 0 Å². The minimum atomic E-state index is -0.402. The summed E-state index contributed by atoms with van der Waals surface area (Å²) < 4.78 is 5.04. The third-order valence-corrected chi connectivity index (χ3v) is 3.86. The molecule has 2 aliphatic rings. The Kier molecular flexibility index (Phi) is 3.66. The summed E-state index contributed by atoms with van der Waals surface area (Å²) in [5.41, 5.74) is 5.43. The summed E-state index contributed by atoms with van der Waals surface area (Å²) in [6, 6.07) is -0.193. The molecule has 1 saturated heterocycles. The number of fused-ring (bicyclic) bond motifs is 1. The summed E-state index contributed by atoms with van der Waals surface area (Å²) >= 11 is 0. The van der Waals surface area contributed by atoms with E-state index in [1.165, 1.54) is 0 Å². The van der Waals surface area contributed by atoms with E-state index in [9.17, 15) is 9.59 Å². The molecule has 0 aromatic heterocycles. The first-order valence-corrected chi connectivity index (χ1v) is 6.36. The summed E-state index contributed by atoms with van der Waals surface area (Å²) in [4.78, 5) is 25.4. The SMILES string of the molecule is CCOC(=O)[C@@H]1C[C@@H]2CCC[C@@H]2N1C(=O)CN. The number of nitrogens with zero attached hydrogens (tertiary/aromatic N) is 1. The van der Waals surface area contributed by atoms with Crippen LogP contribution in [0.3, 0.4) is 0 Å². The highest BCUT2D eigenvalue weighted by Gasteiger charge is 2.48. The van der Waals surface area contributed by atoms with E-state index in [4.69, 9.17) is 10.5 Å². The first-order chi connectivity index (χ1) is 8.19. The Morgan fingerprint density at radius 3 is 2.82 bits per heavy atom. The van der Waals surface area contributed by atoms with Gasteiger partial charge in [0.2, 0.25) is 5.91 Å². The van der Waals surface area contributed by atoms with Crippen LogP contribution in [-0.2, 0) is 14.3 Å². The Hall–Kier alpha value is -1.10. The summed E-state index contributed by atoms with van der Waals surface area (Å²) in [5, 5.41) is 0. The zero-order valence-corrected chi connectivity index (χ0v) is 10.2. The van der Waals surface area contributed by atoms with Gasteiger partial charge in [0.1, 0.15) is 6.04 Å². The highest BCUT2D eigenvalue weighted by molar-refractivity contribution is 5.86. The van der Waals surface area contributed by atoms with Crippen LogP contribution in [0.1, 0.15) is 32.6 Å². The largest absolute Gasteiger partial charge is 0.464 e. The van der Waals surface area contributed by atoms with Crippen LogP contribution in [0.2, 0.25) is 0 Å². The van der Waals surface area contributed by atoms with Gasteiger partial charge in [-0.15, -0.1) is 0 Å². The van der Waals surface area contributed by atoms with Gasteiger partial charge in [-0.05, 0) is 32.1 Å². The molecule has 1 aliphatic carbocycles. The number of amides is 1. The molecule has 0 unspecified atom stereocenters. The minimum absolute atomic E-state index is 0.0286. The molecule has 1 aliphatic heterocycles. The van der Waals surface area contributed by atoms with Gasteiger partial charge in [-0.1, -0.05) is 6.42 Å². The minimum Gasteiger partial charge on any atom is -0.464 e. The molecule has 0 aromatic rings. The van der Waals surface area contributed by atoms with Gasteiger partial charge in [-0.2, -0.15) is 0 Å². The first-order valence-electron chi connectivity index (χ1n) is 6.36. The normalized spacial score (nSPS) is 31.4. The molecule has 96 valence electrons. The third-order valence-electron chi connectivity index (χ3n) is 3.86. The van der Waals surface area contributed by atoms with Crippen LogP contribution in [0.15, 0.2) is 0 Å². The molecule has 1 amide bonds. The fourth-order valence-electron chi connectivity index (χ4n) is 3.20. The molecule has 0 bridgehead atoms. The molecular weight excluding hydrogens is 220 g/mol. The standard InChI is InChI=1S/C12H20N2O3/c1-2-17-12(16)10-6-8-4-3-5-9(8)14(10)11(15)7-13/h8-10H,2-7,13H2,1H3/t8-,9-,10-/m0/s1. The lowest BCUT2D eigenvalue weighted by molar-refractivity contribution is -0.153. The first kappa shape index (κ1) is 12.4. The van der Waals surface area contributed by atoms with Crippen molar-refractivity contribution in [2.45, 2.75) is 44.7 Å². The average Bonchev–Trinajstić information content (AvgIpc) is 2.87. The van der Waals surface area contributed by atoms with Gasteiger partial charge in [-0.3, -0.25) is 4.79 Å². The lowest BCUT2D eigenvalue weighted by Gasteiger charge is -2.28. The molecule has 2 fully saturated rings. The van der Waals surface area contributed by atoms with Gasteiger partial charge < -0.3 is 15.4 Å². The van der Waals surface area contributed by atoms with Gasteiger partial charge in [-0.25, -0.2) is 4.79 Å². The highest BCUT2D eigenvalue weighted by atomic mass is 16.5. The molecule has 0 radical (unpaired) electrons. The summed E-state index contributed by atoms with van der Waals surface area (Å²) in [6.07, 6.45) is 3.98. The fourth-order valence-corrected chi connectivity index (χ4v) is 3.20. The Labute approximate surface area is 101 Å². The summed E-state index contributed by atoms with van der Waals surface area (Å²) in [6.45, 7) is 2.11. The van der Waals surface area contributed by atoms with Crippen LogP contribution in [-0.4, -0.2) is 42.0 Å². The fraction of sp³-hybridized carbons (Fsp3) is 0.833. The van der Waals surface area contributed by atoms with Crippen molar-refractivity contribution in [2.24, 2.45) is 11.7 Å². The van der Waals surface area contributed by atoms with Crippen molar-refractivity contribution in [3.05, 3.63) is 0 Å². The molecule has 1 heterocycles. The third kappa shape index (κ3) is 2.16. The van der Waals surface area contributed by atoms with Gasteiger partial charge in [0.05, 0.1) is 13.2 Å². The second kappa shape index (κ2) is 5.04. The Morgan fingerprint density at radius 2 is 2.18 bits per heavy atom. The van der Waals surface area contributed by atoms with Crippen molar-refractivity contribution in [2.75, 3.05) is 13.2 Å². The van der Waals surface area contributed by atoms with E-state index in [1.54, 1.807) is 11.8 Å². The molecule has 5 heteroatoms. The lowest BCUT2D eigenvalue weighted by atomic mass is 10.0. The van der Waals surface area contributed by atoms with Crippen LogP contribution >= 0.6 is 0 Å². The number of likely N-dealkylation sites (tertiary alicyclic amines) is 1. The maximum absolute atomic E-state index is 11.9. The zero-order chi connectivity index (χ0) is 12.4. The van der Waals surface area contributed by atoms with Gasteiger partial charge in [0, 0.05) is 6.04 Å².